The minimum atomic E-state index is -0.524. The van der Waals surface area contributed by atoms with Crippen LogP contribution in [0.1, 0.15) is 16.1 Å². The number of carbonyl (C=O) groups is 1. The maximum atomic E-state index is 12.5. The molecule has 3 rings (SSSR count). The van der Waals surface area contributed by atoms with Gasteiger partial charge in [0.1, 0.15) is 0 Å². The van der Waals surface area contributed by atoms with Crippen LogP contribution in [0, 0.1) is 0 Å². The van der Waals surface area contributed by atoms with Gasteiger partial charge in [-0.3, -0.25) is 14.6 Å². The van der Waals surface area contributed by atoms with E-state index in [1.165, 1.54) is 16.8 Å². The number of primary amides is 1. The van der Waals surface area contributed by atoms with Crippen LogP contribution in [0.2, 0.25) is 5.02 Å². The SMILES string of the molecule is NC(=O)c1ccnc(Cn2ccc3cc(Cl)ccc3c2=O)c1. The molecule has 0 aliphatic heterocycles. The average molecular weight is 314 g/mol. The van der Waals surface area contributed by atoms with Gasteiger partial charge in [0.25, 0.3) is 5.56 Å². The van der Waals surface area contributed by atoms with Crippen LogP contribution in [0.5, 0.6) is 0 Å². The normalized spacial score (nSPS) is 10.8. The highest BCUT2D eigenvalue weighted by molar-refractivity contribution is 6.31. The average Bonchev–Trinajstić information content (AvgIpc) is 2.50. The quantitative estimate of drug-likeness (QED) is 0.805. The summed E-state index contributed by atoms with van der Waals surface area (Å²) in [4.78, 5) is 27.8. The minimum absolute atomic E-state index is 0.138. The van der Waals surface area contributed by atoms with Crippen LogP contribution in [0.4, 0.5) is 0 Å². The third-order valence-electron chi connectivity index (χ3n) is 3.37. The van der Waals surface area contributed by atoms with Crippen molar-refractivity contribution in [3.05, 3.63) is 75.4 Å². The van der Waals surface area contributed by atoms with Crippen LogP contribution >= 0.6 is 11.6 Å². The monoisotopic (exact) mass is 313 g/mol. The Morgan fingerprint density at radius 3 is 2.82 bits per heavy atom. The number of aromatic nitrogens is 2. The fourth-order valence-electron chi connectivity index (χ4n) is 2.28. The molecule has 0 atom stereocenters. The topological polar surface area (TPSA) is 78.0 Å². The Bertz CT molecular complexity index is 934. The summed E-state index contributed by atoms with van der Waals surface area (Å²) >= 11 is 5.93. The maximum absolute atomic E-state index is 12.5. The Morgan fingerprint density at radius 1 is 1.23 bits per heavy atom. The first kappa shape index (κ1) is 14.3. The van der Waals surface area contributed by atoms with Crippen molar-refractivity contribution in [3.63, 3.8) is 0 Å². The Labute approximate surface area is 131 Å². The van der Waals surface area contributed by atoms with Crippen LogP contribution in [-0.4, -0.2) is 15.5 Å². The van der Waals surface area contributed by atoms with Gasteiger partial charge >= 0.3 is 0 Å². The highest BCUT2D eigenvalue weighted by atomic mass is 35.5. The number of amides is 1. The second-order valence-corrected chi connectivity index (χ2v) is 5.32. The molecule has 0 aliphatic rings. The minimum Gasteiger partial charge on any atom is -0.366 e. The molecule has 110 valence electrons. The Balaban J connectivity index is 2.03. The number of nitrogens with two attached hydrogens (primary N) is 1. The third kappa shape index (κ3) is 2.71. The number of pyridine rings is 2. The second-order valence-electron chi connectivity index (χ2n) is 4.88. The van der Waals surface area contributed by atoms with Crippen molar-refractivity contribution in [1.82, 2.24) is 9.55 Å². The van der Waals surface area contributed by atoms with Gasteiger partial charge in [-0.25, -0.2) is 0 Å². The lowest BCUT2D eigenvalue weighted by Crippen LogP contribution is -2.21. The molecule has 0 radical (unpaired) electrons. The van der Waals surface area contributed by atoms with Gasteiger partial charge in [-0.15, -0.1) is 0 Å². The zero-order chi connectivity index (χ0) is 15.7. The van der Waals surface area contributed by atoms with E-state index >= 15 is 0 Å². The molecule has 0 fully saturated rings. The highest BCUT2D eigenvalue weighted by Gasteiger charge is 2.07. The predicted octanol–water partition coefficient (Wildman–Crippen LogP) is 2.20. The molecule has 0 unspecified atom stereocenters. The molecule has 0 saturated carbocycles. The fourth-order valence-corrected chi connectivity index (χ4v) is 2.46. The van der Waals surface area contributed by atoms with Crippen molar-refractivity contribution in [2.45, 2.75) is 6.54 Å². The van der Waals surface area contributed by atoms with E-state index < -0.39 is 5.91 Å². The lowest BCUT2D eigenvalue weighted by atomic mass is 10.1. The Kier molecular flexibility index (Phi) is 3.65. The third-order valence-corrected chi connectivity index (χ3v) is 3.61. The first-order valence-corrected chi connectivity index (χ1v) is 6.96. The van der Waals surface area contributed by atoms with E-state index in [1.807, 2.05) is 6.07 Å². The first-order valence-electron chi connectivity index (χ1n) is 6.58. The molecule has 1 amide bonds. The molecular weight excluding hydrogens is 302 g/mol. The van der Waals surface area contributed by atoms with Gasteiger partial charge in [0.15, 0.2) is 0 Å². The summed E-state index contributed by atoms with van der Waals surface area (Å²) in [6, 6.07) is 10.1. The highest BCUT2D eigenvalue weighted by Crippen LogP contribution is 2.16. The molecule has 0 spiro atoms. The lowest BCUT2D eigenvalue weighted by Gasteiger charge is -2.08. The maximum Gasteiger partial charge on any atom is 0.258 e. The number of hydrogen-bond donors (Lipinski definition) is 1. The van der Waals surface area contributed by atoms with Crippen molar-refractivity contribution in [3.8, 4) is 0 Å². The summed E-state index contributed by atoms with van der Waals surface area (Å²) in [6.45, 7) is 0.262. The van der Waals surface area contributed by atoms with E-state index in [4.69, 9.17) is 17.3 Å². The van der Waals surface area contributed by atoms with Crippen LogP contribution in [0.25, 0.3) is 10.8 Å². The van der Waals surface area contributed by atoms with Crippen LogP contribution in [-0.2, 0) is 6.54 Å². The van der Waals surface area contributed by atoms with E-state index in [0.717, 1.165) is 5.39 Å². The largest absolute Gasteiger partial charge is 0.366 e. The van der Waals surface area contributed by atoms with Crippen molar-refractivity contribution < 1.29 is 4.79 Å². The summed E-state index contributed by atoms with van der Waals surface area (Å²) in [6.07, 6.45) is 3.18. The van der Waals surface area contributed by atoms with Crippen molar-refractivity contribution in [2.24, 2.45) is 5.73 Å². The van der Waals surface area contributed by atoms with Crippen LogP contribution in [0.3, 0.4) is 0 Å². The fraction of sp³-hybridized carbons (Fsp3) is 0.0625. The zero-order valence-corrected chi connectivity index (χ0v) is 12.2. The number of hydrogen-bond acceptors (Lipinski definition) is 3. The summed E-state index contributed by atoms with van der Waals surface area (Å²) in [7, 11) is 0. The van der Waals surface area contributed by atoms with Gasteiger partial charge in [-0.2, -0.15) is 0 Å². The molecule has 0 bridgehead atoms. The molecule has 2 N–H and O–H groups in total. The molecule has 2 heterocycles. The van der Waals surface area contributed by atoms with Gasteiger partial charge in [-0.1, -0.05) is 11.6 Å². The molecular formula is C16H12ClN3O2. The van der Waals surface area contributed by atoms with Gasteiger partial charge in [0.05, 0.1) is 12.2 Å². The molecule has 3 aromatic rings. The van der Waals surface area contributed by atoms with E-state index in [-0.39, 0.29) is 12.1 Å². The van der Waals surface area contributed by atoms with Gasteiger partial charge in [0, 0.05) is 28.4 Å². The second kappa shape index (κ2) is 5.61. The standard InChI is InChI=1S/C16H12ClN3O2/c17-12-1-2-14-10(7-12)4-6-20(16(14)22)9-13-8-11(15(18)21)3-5-19-13/h1-8H,9H2,(H2,18,21). The first-order chi connectivity index (χ1) is 10.5. The van der Waals surface area contributed by atoms with Crippen molar-refractivity contribution in [2.75, 3.05) is 0 Å². The van der Waals surface area contributed by atoms with Gasteiger partial charge < -0.3 is 10.3 Å². The summed E-state index contributed by atoms with van der Waals surface area (Å²) < 4.78 is 1.53. The summed E-state index contributed by atoms with van der Waals surface area (Å²) in [5.74, 6) is -0.524. The van der Waals surface area contributed by atoms with E-state index in [1.54, 1.807) is 30.5 Å². The molecule has 0 aliphatic carbocycles. The smallest absolute Gasteiger partial charge is 0.258 e. The predicted molar refractivity (Wildman–Crippen MR) is 85.1 cm³/mol. The number of carbonyl (C=O) groups excluding carboxylic acids is 1. The van der Waals surface area contributed by atoms with Gasteiger partial charge in [-0.05, 0) is 41.8 Å². The van der Waals surface area contributed by atoms with Crippen LogP contribution < -0.4 is 11.3 Å². The zero-order valence-electron chi connectivity index (χ0n) is 11.5. The molecule has 2 aromatic heterocycles. The van der Waals surface area contributed by atoms with Gasteiger partial charge in [0.2, 0.25) is 5.91 Å². The van der Waals surface area contributed by atoms with E-state index in [2.05, 4.69) is 4.98 Å². The van der Waals surface area contributed by atoms with Crippen LogP contribution in [0.15, 0.2) is 53.6 Å². The summed E-state index contributed by atoms with van der Waals surface area (Å²) in [5, 5.41) is 1.95. The number of halogens is 1. The Hall–Kier alpha value is -2.66. The van der Waals surface area contributed by atoms with Crippen molar-refractivity contribution in [1.29, 1.82) is 0 Å². The Morgan fingerprint density at radius 2 is 2.05 bits per heavy atom. The number of benzene rings is 1. The molecule has 1 aromatic carbocycles. The van der Waals surface area contributed by atoms with E-state index in [9.17, 15) is 9.59 Å². The number of rotatable bonds is 3. The van der Waals surface area contributed by atoms with Crippen molar-refractivity contribution >= 4 is 28.3 Å². The lowest BCUT2D eigenvalue weighted by molar-refractivity contribution is 0.1000. The summed E-state index contributed by atoms with van der Waals surface area (Å²) in [5.41, 5.74) is 6.06. The molecule has 22 heavy (non-hydrogen) atoms. The molecule has 6 heteroatoms. The number of fused-ring (bicyclic) bond motifs is 1. The van der Waals surface area contributed by atoms with E-state index in [0.29, 0.717) is 21.7 Å². The molecule has 0 saturated heterocycles. The molecule has 5 nitrogen and oxygen atoms in total. The number of nitrogens with zero attached hydrogens (tertiary/aromatic N) is 2.